The first kappa shape index (κ1) is 12.4. The first-order chi connectivity index (χ1) is 7.73. The first-order valence-electron chi connectivity index (χ1n) is 5.64. The smallest absolute Gasteiger partial charge is 0.241 e. The summed E-state index contributed by atoms with van der Waals surface area (Å²) in [4.78, 5) is 0.295. The van der Waals surface area contributed by atoms with E-state index in [1.165, 1.54) is 0 Å². The van der Waals surface area contributed by atoms with Crippen LogP contribution in [0.2, 0.25) is 0 Å². The number of aryl methyl sites for hydroxylation is 1. The monoisotopic (exact) mass is 254 g/mol. The van der Waals surface area contributed by atoms with Gasteiger partial charge in [-0.1, -0.05) is 0 Å². The molecule has 0 unspecified atom stereocenters. The molecule has 1 saturated carbocycles. The summed E-state index contributed by atoms with van der Waals surface area (Å²) in [6.07, 6.45) is 1.79. The van der Waals surface area contributed by atoms with E-state index in [1.807, 2.05) is 13.8 Å². The van der Waals surface area contributed by atoms with Crippen molar-refractivity contribution >= 4 is 15.7 Å². The summed E-state index contributed by atoms with van der Waals surface area (Å²) < 4.78 is 27.2. The van der Waals surface area contributed by atoms with Gasteiger partial charge in [-0.15, -0.1) is 0 Å². The molecule has 3 N–H and O–H groups in total. The van der Waals surface area contributed by atoms with Crippen molar-refractivity contribution in [2.75, 3.05) is 5.73 Å². The number of rotatable bonds is 3. The lowest BCUT2D eigenvalue weighted by molar-refractivity contribution is 0.557. The highest BCUT2D eigenvalue weighted by Gasteiger charge is 2.41. The van der Waals surface area contributed by atoms with E-state index in [2.05, 4.69) is 4.72 Å². The molecule has 0 bridgehead atoms. The zero-order valence-electron chi connectivity index (χ0n) is 10.4. The van der Waals surface area contributed by atoms with E-state index in [-0.39, 0.29) is 5.54 Å². The maximum Gasteiger partial charge on any atom is 0.241 e. The fourth-order valence-electron chi connectivity index (χ4n) is 1.80. The van der Waals surface area contributed by atoms with Crippen molar-refractivity contribution in [1.82, 2.24) is 4.72 Å². The molecule has 94 valence electrons. The minimum atomic E-state index is -3.46. The van der Waals surface area contributed by atoms with Crippen LogP contribution in [0.3, 0.4) is 0 Å². The fraction of sp³-hybridized carbons (Fsp3) is 0.500. The van der Waals surface area contributed by atoms with Crippen LogP contribution in [-0.4, -0.2) is 14.0 Å². The van der Waals surface area contributed by atoms with Crippen LogP contribution in [0.5, 0.6) is 0 Å². The molecular formula is C12H18N2O2S. The highest BCUT2D eigenvalue weighted by molar-refractivity contribution is 7.89. The van der Waals surface area contributed by atoms with Gasteiger partial charge >= 0.3 is 0 Å². The molecule has 0 spiro atoms. The van der Waals surface area contributed by atoms with E-state index in [0.717, 1.165) is 18.4 Å². The predicted molar refractivity (Wildman–Crippen MR) is 68.3 cm³/mol. The summed E-state index contributed by atoms with van der Waals surface area (Å²) in [7, 11) is -3.46. The lowest BCUT2D eigenvalue weighted by Gasteiger charge is -2.15. The summed E-state index contributed by atoms with van der Waals surface area (Å²) in [5, 5.41) is 0. The van der Waals surface area contributed by atoms with Crippen LogP contribution < -0.4 is 10.5 Å². The molecule has 0 atom stereocenters. The van der Waals surface area contributed by atoms with E-state index in [1.54, 1.807) is 19.1 Å². The Morgan fingerprint density at radius 1 is 1.29 bits per heavy atom. The molecule has 0 radical (unpaired) electrons. The van der Waals surface area contributed by atoms with Crippen LogP contribution in [0.15, 0.2) is 17.0 Å². The number of hydrogen-bond donors (Lipinski definition) is 2. The Hall–Kier alpha value is -1.07. The van der Waals surface area contributed by atoms with Crippen LogP contribution >= 0.6 is 0 Å². The maximum atomic E-state index is 12.2. The van der Waals surface area contributed by atoms with Gasteiger partial charge in [0.1, 0.15) is 0 Å². The van der Waals surface area contributed by atoms with Crippen LogP contribution in [0.4, 0.5) is 5.69 Å². The largest absolute Gasteiger partial charge is 0.398 e. The number of benzene rings is 1. The lowest BCUT2D eigenvalue weighted by Crippen LogP contribution is -2.34. The molecule has 0 aliphatic heterocycles. The van der Waals surface area contributed by atoms with Gasteiger partial charge in [-0.25, -0.2) is 13.1 Å². The molecule has 2 rings (SSSR count). The molecule has 1 fully saturated rings. The Labute approximate surface area is 102 Å². The van der Waals surface area contributed by atoms with Crippen LogP contribution in [-0.2, 0) is 10.0 Å². The molecule has 1 aliphatic carbocycles. The van der Waals surface area contributed by atoms with Gasteiger partial charge in [-0.05, 0) is 56.9 Å². The molecule has 1 aliphatic rings. The second kappa shape index (κ2) is 3.71. The van der Waals surface area contributed by atoms with E-state index in [0.29, 0.717) is 16.1 Å². The SMILES string of the molecule is Cc1cc(N)c(C)c(S(=O)(=O)NC2(C)CC2)c1. The van der Waals surface area contributed by atoms with Gasteiger partial charge in [0, 0.05) is 11.2 Å². The highest BCUT2D eigenvalue weighted by Crippen LogP contribution is 2.36. The molecule has 0 aromatic heterocycles. The molecule has 17 heavy (non-hydrogen) atoms. The van der Waals surface area contributed by atoms with Gasteiger partial charge in [0.25, 0.3) is 0 Å². The van der Waals surface area contributed by atoms with E-state index < -0.39 is 10.0 Å². The zero-order valence-corrected chi connectivity index (χ0v) is 11.2. The van der Waals surface area contributed by atoms with Gasteiger partial charge in [0.15, 0.2) is 0 Å². The summed E-state index contributed by atoms with van der Waals surface area (Å²) >= 11 is 0. The number of anilines is 1. The standard InChI is InChI=1S/C12H18N2O2S/c1-8-6-10(13)9(2)11(7-8)17(15,16)14-12(3)4-5-12/h6-7,14H,4-5,13H2,1-3H3. The van der Waals surface area contributed by atoms with Crippen LogP contribution in [0.25, 0.3) is 0 Å². The van der Waals surface area contributed by atoms with Crippen molar-refractivity contribution in [3.05, 3.63) is 23.3 Å². The number of nitrogens with one attached hydrogen (secondary N) is 1. The Morgan fingerprint density at radius 2 is 1.88 bits per heavy atom. The third-order valence-electron chi connectivity index (χ3n) is 3.21. The predicted octanol–water partition coefficient (Wildman–Crippen LogP) is 1.72. The molecule has 4 nitrogen and oxygen atoms in total. The quantitative estimate of drug-likeness (QED) is 0.807. The average molecular weight is 254 g/mol. The van der Waals surface area contributed by atoms with Crippen molar-refractivity contribution in [3.8, 4) is 0 Å². The summed E-state index contributed by atoms with van der Waals surface area (Å²) in [5.41, 5.74) is 7.54. The van der Waals surface area contributed by atoms with Gasteiger partial charge in [-0.2, -0.15) is 0 Å². The Bertz CT molecular complexity index is 560. The third-order valence-corrected chi connectivity index (χ3v) is 4.98. The first-order valence-corrected chi connectivity index (χ1v) is 7.13. The lowest BCUT2D eigenvalue weighted by atomic mass is 10.1. The van der Waals surface area contributed by atoms with Crippen molar-refractivity contribution in [3.63, 3.8) is 0 Å². The van der Waals surface area contributed by atoms with E-state index >= 15 is 0 Å². The summed E-state index contributed by atoms with van der Waals surface area (Å²) in [6, 6.07) is 3.45. The van der Waals surface area contributed by atoms with Gasteiger partial charge in [0.2, 0.25) is 10.0 Å². The van der Waals surface area contributed by atoms with Crippen molar-refractivity contribution < 1.29 is 8.42 Å². The summed E-state index contributed by atoms with van der Waals surface area (Å²) in [5.74, 6) is 0. The highest BCUT2D eigenvalue weighted by atomic mass is 32.2. The average Bonchev–Trinajstić information content (AvgIpc) is 2.88. The molecule has 5 heteroatoms. The Morgan fingerprint density at radius 3 is 2.41 bits per heavy atom. The second-order valence-corrected chi connectivity index (χ2v) is 6.79. The molecule has 1 aromatic rings. The molecule has 0 heterocycles. The van der Waals surface area contributed by atoms with Crippen LogP contribution in [0.1, 0.15) is 30.9 Å². The fourth-order valence-corrected chi connectivity index (χ4v) is 3.63. The Kier molecular flexibility index (Phi) is 2.71. The van der Waals surface area contributed by atoms with Gasteiger partial charge in [0.05, 0.1) is 4.90 Å². The molecule has 1 aromatic carbocycles. The number of hydrogen-bond acceptors (Lipinski definition) is 3. The number of sulfonamides is 1. The second-order valence-electron chi connectivity index (χ2n) is 5.14. The minimum Gasteiger partial charge on any atom is -0.398 e. The molecule has 0 amide bonds. The maximum absolute atomic E-state index is 12.2. The van der Waals surface area contributed by atoms with E-state index in [9.17, 15) is 8.42 Å². The van der Waals surface area contributed by atoms with Crippen molar-refractivity contribution in [2.45, 2.75) is 44.0 Å². The Balaban J connectivity index is 2.45. The van der Waals surface area contributed by atoms with Crippen molar-refractivity contribution in [2.24, 2.45) is 0 Å². The van der Waals surface area contributed by atoms with Crippen LogP contribution in [0, 0.1) is 13.8 Å². The molecule has 0 saturated heterocycles. The zero-order chi connectivity index (χ0) is 12.8. The number of nitrogen functional groups attached to an aromatic ring is 1. The van der Waals surface area contributed by atoms with Gasteiger partial charge < -0.3 is 5.73 Å². The number of nitrogens with two attached hydrogens (primary N) is 1. The van der Waals surface area contributed by atoms with Crippen molar-refractivity contribution in [1.29, 1.82) is 0 Å². The summed E-state index contributed by atoms with van der Waals surface area (Å²) in [6.45, 7) is 5.49. The normalized spacial score (nSPS) is 18.1. The topological polar surface area (TPSA) is 72.2 Å². The molecular weight excluding hydrogens is 236 g/mol. The van der Waals surface area contributed by atoms with Gasteiger partial charge in [-0.3, -0.25) is 0 Å². The third kappa shape index (κ3) is 2.45. The van der Waals surface area contributed by atoms with E-state index in [4.69, 9.17) is 5.73 Å². The minimum absolute atomic E-state index is 0.260.